The molecule has 1 aromatic heterocycles. The third-order valence-corrected chi connectivity index (χ3v) is 6.02. The van der Waals surface area contributed by atoms with Gasteiger partial charge in [0.05, 0.1) is 36.6 Å². The Bertz CT molecular complexity index is 1130. The third kappa shape index (κ3) is 4.98. The number of carbonyl (C=O) groups excluding carboxylic acids is 2. The second-order valence-corrected chi connectivity index (χ2v) is 8.19. The predicted molar refractivity (Wildman–Crippen MR) is 123 cm³/mol. The molecule has 4 rings (SSSR count). The number of nitrogens with one attached hydrogen (secondary N) is 2. The molecule has 2 aromatic carbocycles. The summed E-state index contributed by atoms with van der Waals surface area (Å²) in [6.07, 6.45) is 0.745. The van der Waals surface area contributed by atoms with Crippen molar-refractivity contribution in [2.45, 2.75) is 45.5 Å². The fourth-order valence-corrected chi connectivity index (χ4v) is 4.16. The molecular formula is C26H28FN3O3. The number of rotatable bonds is 7. The number of hydrogen-bond donors (Lipinski definition) is 2. The van der Waals surface area contributed by atoms with Crippen molar-refractivity contribution in [1.29, 1.82) is 0 Å². The summed E-state index contributed by atoms with van der Waals surface area (Å²) >= 11 is 0. The summed E-state index contributed by atoms with van der Waals surface area (Å²) < 4.78 is 20.7. The number of aromatic nitrogens is 1. The summed E-state index contributed by atoms with van der Waals surface area (Å²) in [7, 11) is 0. The van der Waals surface area contributed by atoms with Crippen LogP contribution in [0.25, 0.3) is 0 Å². The monoisotopic (exact) mass is 449 g/mol. The van der Waals surface area contributed by atoms with Gasteiger partial charge in [0.2, 0.25) is 0 Å². The van der Waals surface area contributed by atoms with E-state index >= 15 is 0 Å². The van der Waals surface area contributed by atoms with E-state index in [4.69, 9.17) is 4.74 Å². The van der Waals surface area contributed by atoms with Crippen LogP contribution < -0.4 is 10.6 Å². The Morgan fingerprint density at radius 1 is 1.03 bits per heavy atom. The molecule has 2 amide bonds. The number of halogens is 1. The Hall–Kier alpha value is -3.45. The van der Waals surface area contributed by atoms with E-state index in [0.717, 1.165) is 17.5 Å². The van der Waals surface area contributed by atoms with E-state index in [1.54, 1.807) is 18.2 Å². The summed E-state index contributed by atoms with van der Waals surface area (Å²) in [5.41, 5.74) is 3.38. The van der Waals surface area contributed by atoms with Gasteiger partial charge in [0.1, 0.15) is 11.5 Å². The van der Waals surface area contributed by atoms with E-state index in [0.29, 0.717) is 30.1 Å². The molecule has 0 spiro atoms. The topological polar surface area (TPSA) is 72.4 Å². The van der Waals surface area contributed by atoms with Crippen molar-refractivity contribution in [2.24, 2.45) is 0 Å². The molecule has 0 fully saturated rings. The van der Waals surface area contributed by atoms with Crippen LogP contribution in [0.2, 0.25) is 0 Å². The highest BCUT2D eigenvalue weighted by molar-refractivity contribution is 6.01. The summed E-state index contributed by atoms with van der Waals surface area (Å²) in [5, 5.41) is 6.06. The molecule has 0 aliphatic carbocycles. The van der Waals surface area contributed by atoms with Gasteiger partial charge in [0.25, 0.3) is 11.8 Å². The molecule has 0 saturated carbocycles. The Morgan fingerprint density at radius 2 is 1.76 bits per heavy atom. The molecule has 2 heterocycles. The highest BCUT2D eigenvalue weighted by Gasteiger charge is 2.27. The summed E-state index contributed by atoms with van der Waals surface area (Å²) in [6.45, 7) is 5.10. The maximum absolute atomic E-state index is 13.2. The fourth-order valence-electron chi connectivity index (χ4n) is 4.16. The summed E-state index contributed by atoms with van der Waals surface area (Å²) in [4.78, 5) is 26.3. The number of ether oxygens (including phenoxy) is 1. The molecule has 33 heavy (non-hydrogen) atoms. The van der Waals surface area contributed by atoms with Gasteiger partial charge in [-0.05, 0) is 42.7 Å². The van der Waals surface area contributed by atoms with Gasteiger partial charge in [-0.15, -0.1) is 0 Å². The average Bonchev–Trinajstić information content (AvgIpc) is 3.23. The molecule has 2 unspecified atom stereocenters. The molecule has 1 aliphatic rings. The normalized spacial score (nSPS) is 14.8. The maximum Gasteiger partial charge on any atom is 0.268 e. The number of nitrogens with zero attached hydrogens (tertiary/aromatic N) is 1. The maximum atomic E-state index is 13.2. The molecule has 3 aromatic rings. The minimum Gasteiger partial charge on any atom is -0.373 e. The van der Waals surface area contributed by atoms with E-state index in [1.165, 1.54) is 12.1 Å². The van der Waals surface area contributed by atoms with Gasteiger partial charge in [-0.3, -0.25) is 9.59 Å². The second-order valence-electron chi connectivity index (χ2n) is 8.19. The first-order valence-electron chi connectivity index (χ1n) is 11.2. The van der Waals surface area contributed by atoms with Crippen LogP contribution in [0.3, 0.4) is 0 Å². The third-order valence-electron chi connectivity index (χ3n) is 6.02. The van der Waals surface area contributed by atoms with Crippen LogP contribution in [-0.2, 0) is 17.9 Å². The van der Waals surface area contributed by atoms with Crippen molar-refractivity contribution in [2.75, 3.05) is 6.61 Å². The lowest BCUT2D eigenvalue weighted by molar-refractivity contribution is 0.0774. The molecule has 6 nitrogen and oxygen atoms in total. The first-order valence-corrected chi connectivity index (χ1v) is 11.2. The van der Waals surface area contributed by atoms with Crippen LogP contribution in [0.1, 0.15) is 70.0 Å². The average molecular weight is 450 g/mol. The Labute approximate surface area is 192 Å². The van der Waals surface area contributed by atoms with Gasteiger partial charge < -0.3 is 19.9 Å². The van der Waals surface area contributed by atoms with Crippen LogP contribution in [0.15, 0.2) is 60.7 Å². The van der Waals surface area contributed by atoms with Crippen molar-refractivity contribution in [3.05, 3.63) is 94.6 Å². The van der Waals surface area contributed by atoms with Gasteiger partial charge in [-0.1, -0.05) is 49.4 Å². The molecule has 172 valence electrons. The van der Waals surface area contributed by atoms with E-state index < -0.39 is 0 Å². The van der Waals surface area contributed by atoms with Crippen LogP contribution in [0.5, 0.6) is 0 Å². The molecule has 0 saturated heterocycles. The zero-order valence-corrected chi connectivity index (χ0v) is 18.8. The van der Waals surface area contributed by atoms with Crippen LogP contribution in [0.4, 0.5) is 4.39 Å². The smallest absolute Gasteiger partial charge is 0.268 e. The van der Waals surface area contributed by atoms with E-state index in [9.17, 15) is 14.0 Å². The van der Waals surface area contributed by atoms with E-state index in [1.807, 2.05) is 48.7 Å². The molecule has 7 heteroatoms. The lowest BCUT2D eigenvalue weighted by atomic mass is 10.0. The van der Waals surface area contributed by atoms with Crippen LogP contribution in [-0.4, -0.2) is 23.0 Å². The highest BCUT2D eigenvalue weighted by Crippen LogP contribution is 2.24. The number of carbonyl (C=O) groups is 2. The van der Waals surface area contributed by atoms with E-state index in [-0.39, 0.29) is 36.3 Å². The summed E-state index contributed by atoms with van der Waals surface area (Å²) in [6, 6.07) is 17.0. The fraction of sp³-hybridized carbons (Fsp3) is 0.308. The quantitative estimate of drug-likeness (QED) is 0.557. The van der Waals surface area contributed by atoms with E-state index in [2.05, 4.69) is 10.6 Å². The highest BCUT2D eigenvalue weighted by atomic mass is 19.1. The largest absolute Gasteiger partial charge is 0.373 e. The molecule has 1 aliphatic heterocycles. The first kappa shape index (κ1) is 22.7. The van der Waals surface area contributed by atoms with Gasteiger partial charge in [0, 0.05) is 6.54 Å². The van der Waals surface area contributed by atoms with Gasteiger partial charge in [0.15, 0.2) is 0 Å². The minimum absolute atomic E-state index is 0.125. The molecule has 0 bridgehead atoms. The number of fused-ring (bicyclic) bond motifs is 1. The molecule has 2 N–H and O–H groups in total. The van der Waals surface area contributed by atoms with Crippen molar-refractivity contribution >= 4 is 11.8 Å². The standard InChI is InChI=1S/C26H28FN3O3/c1-3-22(19-7-5-4-6-8-19)29-26(32)23-15-21(24-16-33-14-13-30(23)24)25(31)28-17(2)18-9-11-20(27)12-10-18/h4-12,15,17,22H,3,13-14,16H2,1-2H3,(H,28,31)(H,29,32). The van der Waals surface area contributed by atoms with Gasteiger partial charge in [-0.2, -0.15) is 0 Å². The molecule has 0 radical (unpaired) electrons. The first-order chi connectivity index (χ1) is 16.0. The van der Waals surface area contributed by atoms with Crippen molar-refractivity contribution < 1.29 is 18.7 Å². The van der Waals surface area contributed by atoms with Crippen molar-refractivity contribution in [3.63, 3.8) is 0 Å². The zero-order valence-electron chi connectivity index (χ0n) is 18.8. The lowest BCUT2D eigenvalue weighted by Gasteiger charge is -2.21. The predicted octanol–water partition coefficient (Wildman–Crippen LogP) is 4.53. The number of benzene rings is 2. The molecule has 2 atom stereocenters. The van der Waals surface area contributed by atoms with Gasteiger partial charge in [-0.25, -0.2) is 4.39 Å². The SMILES string of the molecule is CCC(NC(=O)c1cc(C(=O)NC(C)c2ccc(F)cc2)c2n1CCOC2)c1ccccc1. The number of hydrogen-bond acceptors (Lipinski definition) is 3. The van der Waals surface area contributed by atoms with Crippen LogP contribution >= 0.6 is 0 Å². The Balaban J connectivity index is 1.56. The summed E-state index contributed by atoms with van der Waals surface area (Å²) in [5.74, 6) is -0.845. The molecular weight excluding hydrogens is 421 g/mol. The lowest BCUT2D eigenvalue weighted by Crippen LogP contribution is -2.31. The van der Waals surface area contributed by atoms with Crippen molar-refractivity contribution in [3.8, 4) is 0 Å². The van der Waals surface area contributed by atoms with Crippen molar-refractivity contribution in [1.82, 2.24) is 15.2 Å². The zero-order chi connectivity index (χ0) is 23.4. The van der Waals surface area contributed by atoms with Crippen LogP contribution in [0, 0.1) is 5.82 Å². The van der Waals surface area contributed by atoms with Gasteiger partial charge >= 0.3 is 0 Å². The minimum atomic E-state index is -0.326. The Kier molecular flexibility index (Phi) is 6.89. The number of amides is 2. The second kappa shape index (κ2) is 10.0. The Morgan fingerprint density at radius 3 is 2.45 bits per heavy atom.